The Morgan fingerprint density at radius 3 is 2.15 bits per heavy atom. The summed E-state index contributed by atoms with van der Waals surface area (Å²) in [6, 6.07) is 0. The van der Waals surface area contributed by atoms with E-state index in [9.17, 15) is 4.79 Å². The van der Waals surface area contributed by atoms with Crippen LogP contribution in [-0.4, -0.2) is 6.29 Å². The van der Waals surface area contributed by atoms with Crippen LogP contribution in [-0.2, 0) is 4.79 Å². The Kier molecular flexibility index (Phi) is 4.38. The van der Waals surface area contributed by atoms with Crippen molar-refractivity contribution in [3.63, 3.8) is 0 Å². The Labute approximate surface area is 125 Å². The maximum atomic E-state index is 11.5. The van der Waals surface area contributed by atoms with Crippen molar-refractivity contribution < 1.29 is 4.79 Å². The van der Waals surface area contributed by atoms with Crippen molar-refractivity contribution >= 4 is 6.29 Å². The number of hydrogen-bond acceptors (Lipinski definition) is 1. The van der Waals surface area contributed by atoms with Crippen LogP contribution in [0, 0.1) is 40.4 Å². The summed E-state index contributed by atoms with van der Waals surface area (Å²) in [5.41, 5.74) is 0.801. The molecule has 2 saturated carbocycles. The molecule has 0 radical (unpaired) electrons. The molecule has 0 amide bonds. The van der Waals surface area contributed by atoms with E-state index in [0.29, 0.717) is 22.7 Å². The predicted molar refractivity (Wildman–Crippen MR) is 85.5 cm³/mol. The smallest absolute Gasteiger partial charge is 0.123 e. The second-order valence-electron chi connectivity index (χ2n) is 8.83. The number of aldehydes is 1. The molecule has 20 heavy (non-hydrogen) atoms. The maximum absolute atomic E-state index is 11.5. The van der Waals surface area contributed by atoms with Gasteiger partial charge < -0.3 is 4.79 Å². The van der Waals surface area contributed by atoms with Crippen LogP contribution in [0.5, 0.6) is 0 Å². The van der Waals surface area contributed by atoms with Crippen molar-refractivity contribution in [3.05, 3.63) is 0 Å². The molecule has 5 unspecified atom stereocenters. The first-order valence-electron chi connectivity index (χ1n) is 8.73. The van der Waals surface area contributed by atoms with Gasteiger partial charge in [0, 0.05) is 5.92 Å². The summed E-state index contributed by atoms with van der Waals surface area (Å²) in [4.78, 5) is 11.5. The first kappa shape index (κ1) is 16.0. The van der Waals surface area contributed by atoms with Gasteiger partial charge in [0.2, 0.25) is 0 Å². The summed E-state index contributed by atoms with van der Waals surface area (Å²) < 4.78 is 0. The molecule has 1 heteroatoms. The van der Waals surface area contributed by atoms with Gasteiger partial charge in [0.15, 0.2) is 0 Å². The molecule has 2 rings (SSSR count). The lowest BCUT2D eigenvalue weighted by Gasteiger charge is -2.50. The van der Waals surface area contributed by atoms with Gasteiger partial charge >= 0.3 is 0 Å². The highest BCUT2D eigenvalue weighted by atomic mass is 16.1. The fourth-order valence-corrected chi connectivity index (χ4v) is 5.80. The van der Waals surface area contributed by atoms with Crippen LogP contribution in [0.25, 0.3) is 0 Å². The van der Waals surface area contributed by atoms with Gasteiger partial charge in [-0.2, -0.15) is 0 Å². The molecule has 0 N–H and O–H groups in total. The van der Waals surface area contributed by atoms with Crippen LogP contribution in [0.1, 0.15) is 73.6 Å². The molecule has 116 valence electrons. The summed E-state index contributed by atoms with van der Waals surface area (Å²) in [6.45, 7) is 14.5. The SMILES string of the molecule is CCCC(C)(C)C1C2CC(CC2C=O)C1C(C)(C)CC. The van der Waals surface area contributed by atoms with E-state index in [4.69, 9.17) is 0 Å². The standard InChI is InChI=1S/C19H34O/c1-7-9-19(5,6)17-15-11-13(10-14(15)12-20)16(17)18(3,4)8-2/h12-17H,7-11H2,1-6H3. The first-order valence-corrected chi connectivity index (χ1v) is 8.73. The Morgan fingerprint density at radius 2 is 1.65 bits per heavy atom. The van der Waals surface area contributed by atoms with Crippen LogP contribution in [0.2, 0.25) is 0 Å². The Bertz CT molecular complexity index is 355. The molecular formula is C19H34O. The largest absolute Gasteiger partial charge is 0.303 e. The number of rotatable bonds is 6. The average Bonchev–Trinajstić information content (AvgIpc) is 2.95. The maximum Gasteiger partial charge on any atom is 0.123 e. The van der Waals surface area contributed by atoms with E-state index in [-0.39, 0.29) is 0 Å². The molecule has 0 spiro atoms. The van der Waals surface area contributed by atoms with Crippen LogP contribution in [0.3, 0.4) is 0 Å². The minimum absolute atomic E-state index is 0.352. The van der Waals surface area contributed by atoms with Crippen LogP contribution >= 0.6 is 0 Å². The van der Waals surface area contributed by atoms with Crippen LogP contribution in [0.4, 0.5) is 0 Å². The molecule has 2 aliphatic rings. The van der Waals surface area contributed by atoms with Gasteiger partial charge in [-0.05, 0) is 53.8 Å². The second kappa shape index (κ2) is 5.46. The van der Waals surface area contributed by atoms with Gasteiger partial charge in [-0.15, -0.1) is 0 Å². The molecule has 2 aliphatic carbocycles. The van der Waals surface area contributed by atoms with E-state index in [2.05, 4.69) is 41.5 Å². The van der Waals surface area contributed by atoms with Crippen molar-refractivity contribution in [2.75, 3.05) is 0 Å². The van der Waals surface area contributed by atoms with Crippen molar-refractivity contribution in [3.8, 4) is 0 Å². The van der Waals surface area contributed by atoms with Gasteiger partial charge in [0.25, 0.3) is 0 Å². The van der Waals surface area contributed by atoms with Crippen molar-refractivity contribution in [2.24, 2.45) is 40.4 Å². The lowest BCUT2D eigenvalue weighted by Crippen LogP contribution is -2.44. The van der Waals surface area contributed by atoms with Crippen molar-refractivity contribution in [1.82, 2.24) is 0 Å². The van der Waals surface area contributed by atoms with Crippen LogP contribution in [0.15, 0.2) is 0 Å². The highest BCUT2D eigenvalue weighted by Crippen LogP contribution is 2.65. The quantitative estimate of drug-likeness (QED) is 0.600. The van der Waals surface area contributed by atoms with Crippen LogP contribution < -0.4 is 0 Å². The third-order valence-corrected chi connectivity index (χ3v) is 6.84. The molecule has 2 fully saturated rings. The van der Waals surface area contributed by atoms with Crippen molar-refractivity contribution in [2.45, 2.75) is 73.6 Å². The zero-order valence-corrected chi connectivity index (χ0v) is 14.4. The fraction of sp³-hybridized carbons (Fsp3) is 0.947. The molecule has 0 saturated heterocycles. The second-order valence-corrected chi connectivity index (χ2v) is 8.83. The van der Waals surface area contributed by atoms with E-state index in [1.54, 1.807) is 0 Å². The summed E-state index contributed by atoms with van der Waals surface area (Å²) in [7, 11) is 0. The van der Waals surface area contributed by atoms with E-state index in [1.165, 1.54) is 38.4 Å². The number of carbonyl (C=O) groups excluding carboxylic acids is 1. The minimum atomic E-state index is 0.352. The summed E-state index contributed by atoms with van der Waals surface area (Å²) in [5, 5.41) is 0. The van der Waals surface area contributed by atoms with Gasteiger partial charge in [-0.3, -0.25) is 0 Å². The number of carbonyl (C=O) groups is 1. The number of fused-ring (bicyclic) bond motifs is 2. The van der Waals surface area contributed by atoms with Gasteiger partial charge in [0.1, 0.15) is 6.29 Å². The van der Waals surface area contributed by atoms with E-state index < -0.39 is 0 Å². The third-order valence-electron chi connectivity index (χ3n) is 6.84. The first-order chi connectivity index (χ1) is 9.28. The minimum Gasteiger partial charge on any atom is -0.303 e. The molecule has 2 bridgehead atoms. The molecule has 0 heterocycles. The lowest BCUT2D eigenvalue weighted by atomic mass is 9.55. The zero-order chi connectivity index (χ0) is 15.1. The highest BCUT2D eigenvalue weighted by Gasteiger charge is 2.59. The molecule has 0 aromatic carbocycles. The number of hydrogen-bond donors (Lipinski definition) is 0. The van der Waals surface area contributed by atoms with Gasteiger partial charge in [-0.25, -0.2) is 0 Å². The summed E-state index contributed by atoms with van der Waals surface area (Å²) in [5.74, 6) is 3.37. The topological polar surface area (TPSA) is 17.1 Å². The Morgan fingerprint density at radius 1 is 1.00 bits per heavy atom. The van der Waals surface area contributed by atoms with E-state index in [0.717, 1.165) is 17.8 Å². The predicted octanol–water partition coefficient (Wildman–Crippen LogP) is 5.34. The average molecular weight is 278 g/mol. The zero-order valence-electron chi connectivity index (χ0n) is 14.4. The van der Waals surface area contributed by atoms with E-state index >= 15 is 0 Å². The normalized spacial score (nSPS) is 37.4. The monoisotopic (exact) mass is 278 g/mol. The summed E-state index contributed by atoms with van der Waals surface area (Å²) >= 11 is 0. The third kappa shape index (κ3) is 2.46. The summed E-state index contributed by atoms with van der Waals surface area (Å²) in [6.07, 6.45) is 7.56. The molecule has 0 aromatic rings. The van der Waals surface area contributed by atoms with Gasteiger partial charge in [0.05, 0.1) is 0 Å². The molecular weight excluding hydrogens is 244 g/mol. The fourth-order valence-electron chi connectivity index (χ4n) is 5.80. The van der Waals surface area contributed by atoms with Gasteiger partial charge in [-0.1, -0.05) is 54.4 Å². The molecule has 0 aliphatic heterocycles. The van der Waals surface area contributed by atoms with Crippen molar-refractivity contribution in [1.29, 1.82) is 0 Å². The highest BCUT2D eigenvalue weighted by molar-refractivity contribution is 5.55. The molecule has 0 aromatic heterocycles. The molecule has 5 atom stereocenters. The Balaban J connectivity index is 2.34. The molecule has 1 nitrogen and oxygen atoms in total. The lowest BCUT2D eigenvalue weighted by molar-refractivity contribution is -0.116. The van der Waals surface area contributed by atoms with E-state index in [1.807, 2.05) is 0 Å². The Hall–Kier alpha value is -0.330.